The highest BCUT2D eigenvalue weighted by Crippen LogP contribution is 2.35. The van der Waals surface area contributed by atoms with Crippen LogP contribution in [0.1, 0.15) is 13.3 Å². The number of sulfone groups is 1. The van der Waals surface area contributed by atoms with E-state index >= 15 is 0 Å². The van der Waals surface area contributed by atoms with E-state index < -0.39 is 15.4 Å². The lowest BCUT2D eigenvalue weighted by Crippen LogP contribution is -2.32. The first-order valence-corrected chi connectivity index (χ1v) is 7.67. The molecule has 96 valence electrons. The number of fused-ring (bicyclic) bond motifs is 1. The molecule has 18 heavy (non-hydrogen) atoms. The van der Waals surface area contributed by atoms with E-state index in [1.807, 2.05) is 35.8 Å². The van der Waals surface area contributed by atoms with Crippen LogP contribution >= 0.6 is 0 Å². The highest BCUT2D eigenvalue weighted by Gasteiger charge is 2.41. The van der Waals surface area contributed by atoms with Crippen molar-refractivity contribution in [2.75, 3.05) is 17.2 Å². The SMILES string of the molecule is CC1(n2c(N)nc3ccccc32)CCS(=O)(=O)C1. The number of anilines is 1. The van der Waals surface area contributed by atoms with Crippen molar-refractivity contribution in [1.29, 1.82) is 0 Å². The van der Waals surface area contributed by atoms with E-state index in [9.17, 15) is 8.42 Å². The van der Waals surface area contributed by atoms with Gasteiger partial charge in [-0.2, -0.15) is 0 Å². The molecule has 0 spiro atoms. The van der Waals surface area contributed by atoms with Crippen molar-refractivity contribution in [3.05, 3.63) is 24.3 Å². The van der Waals surface area contributed by atoms with Gasteiger partial charge in [0.05, 0.1) is 28.1 Å². The van der Waals surface area contributed by atoms with Crippen LogP contribution in [0.5, 0.6) is 0 Å². The third-order valence-electron chi connectivity index (χ3n) is 3.61. The first kappa shape index (κ1) is 11.5. The summed E-state index contributed by atoms with van der Waals surface area (Å²) in [6, 6.07) is 7.61. The number of rotatable bonds is 1. The van der Waals surface area contributed by atoms with Crippen molar-refractivity contribution in [2.45, 2.75) is 18.9 Å². The van der Waals surface area contributed by atoms with Crippen LogP contribution in [-0.2, 0) is 15.4 Å². The summed E-state index contributed by atoms with van der Waals surface area (Å²) in [7, 11) is -2.97. The van der Waals surface area contributed by atoms with Gasteiger partial charge in [-0.25, -0.2) is 13.4 Å². The molecule has 1 aromatic carbocycles. The Bertz CT molecular complexity index is 720. The number of hydrogen-bond acceptors (Lipinski definition) is 4. The zero-order valence-corrected chi connectivity index (χ0v) is 10.9. The van der Waals surface area contributed by atoms with Gasteiger partial charge in [-0.05, 0) is 25.5 Å². The zero-order valence-electron chi connectivity index (χ0n) is 10.1. The summed E-state index contributed by atoms with van der Waals surface area (Å²) in [5, 5.41) is 0. The summed E-state index contributed by atoms with van der Waals surface area (Å²) in [6.07, 6.45) is 0.583. The molecule has 6 heteroatoms. The third kappa shape index (κ3) is 1.59. The molecule has 1 aromatic heterocycles. The highest BCUT2D eigenvalue weighted by atomic mass is 32.2. The molecule has 3 rings (SSSR count). The molecule has 0 amide bonds. The molecule has 2 aromatic rings. The smallest absolute Gasteiger partial charge is 0.201 e. The number of nitrogens with two attached hydrogens (primary N) is 1. The van der Waals surface area contributed by atoms with E-state index in [1.54, 1.807) is 0 Å². The number of para-hydroxylation sites is 2. The van der Waals surface area contributed by atoms with Gasteiger partial charge in [0.25, 0.3) is 0 Å². The fourth-order valence-corrected chi connectivity index (χ4v) is 4.90. The van der Waals surface area contributed by atoms with Crippen LogP contribution in [0.3, 0.4) is 0 Å². The second kappa shape index (κ2) is 3.47. The molecule has 2 heterocycles. The number of aromatic nitrogens is 2. The van der Waals surface area contributed by atoms with E-state index in [0.29, 0.717) is 12.4 Å². The minimum Gasteiger partial charge on any atom is -0.369 e. The first-order valence-electron chi connectivity index (χ1n) is 5.85. The monoisotopic (exact) mass is 265 g/mol. The van der Waals surface area contributed by atoms with Gasteiger partial charge in [0.2, 0.25) is 5.95 Å². The quantitative estimate of drug-likeness (QED) is 0.839. The van der Waals surface area contributed by atoms with Gasteiger partial charge in [0, 0.05) is 0 Å². The van der Waals surface area contributed by atoms with Crippen LogP contribution in [0.25, 0.3) is 11.0 Å². The molecule has 0 aliphatic carbocycles. The predicted molar refractivity (Wildman–Crippen MR) is 71.1 cm³/mol. The fourth-order valence-electron chi connectivity index (χ4n) is 2.78. The molecular formula is C12H15N3O2S. The number of hydrogen-bond donors (Lipinski definition) is 1. The normalized spacial score (nSPS) is 26.7. The van der Waals surface area contributed by atoms with Crippen molar-refractivity contribution >= 4 is 26.8 Å². The van der Waals surface area contributed by atoms with E-state index in [1.165, 1.54) is 0 Å². The Kier molecular flexibility index (Phi) is 2.22. The van der Waals surface area contributed by atoms with Crippen LogP contribution in [0.2, 0.25) is 0 Å². The van der Waals surface area contributed by atoms with Crippen LogP contribution in [0.4, 0.5) is 5.95 Å². The van der Waals surface area contributed by atoms with Crippen LogP contribution < -0.4 is 5.73 Å². The summed E-state index contributed by atoms with van der Waals surface area (Å²) in [6.45, 7) is 1.93. The van der Waals surface area contributed by atoms with Crippen molar-refractivity contribution in [2.24, 2.45) is 0 Å². The van der Waals surface area contributed by atoms with Crippen molar-refractivity contribution in [3.8, 4) is 0 Å². The molecule has 1 aliphatic rings. The minimum absolute atomic E-state index is 0.130. The average Bonchev–Trinajstić information content (AvgIpc) is 2.75. The van der Waals surface area contributed by atoms with E-state index in [0.717, 1.165) is 11.0 Å². The Morgan fingerprint density at radius 2 is 2.11 bits per heavy atom. The second-order valence-corrected chi connectivity index (χ2v) is 7.32. The standard InChI is InChI=1S/C12H15N3O2S/c1-12(6-7-18(16,17)8-12)15-10-5-3-2-4-9(10)14-11(15)13/h2-5H,6-8H2,1H3,(H2,13,14). The number of benzene rings is 1. The minimum atomic E-state index is -2.97. The van der Waals surface area contributed by atoms with Crippen LogP contribution in [0, 0.1) is 0 Å². The molecule has 0 bridgehead atoms. The maximum absolute atomic E-state index is 11.7. The third-order valence-corrected chi connectivity index (χ3v) is 5.50. The Balaban J connectivity index is 2.24. The van der Waals surface area contributed by atoms with Crippen LogP contribution in [0.15, 0.2) is 24.3 Å². The lowest BCUT2D eigenvalue weighted by molar-refractivity contribution is 0.381. The Morgan fingerprint density at radius 1 is 1.39 bits per heavy atom. The summed E-state index contributed by atoms with van der Waals surface area (Å²) >= 11 is 0. The van der Waals surface area contributed by atoms with Gasteiger partial charge in [-0.1, -0.05) is 12.1 Å². The van der Waals surface area contributed by atoms with E-state index in [2.05, 4.69) is 4.98 Å². The van der Waals surface area contributed by atoms with E-state index in [-0.39, 0.29) is 11.5 Å². The summed E-state index contributed by atoms with van der Waals surface area (Å²) in [5.41, 5.74) is 7.18. The molecule has 2 N–H and O–H groups in total. The van der Waals surface area contributed by atoms with Gasteiger partial charge in [-0.15, -0.1) is 0 Å². The Morgan fingerprint density at radius 3 is 2.78 bits per heavy atom. The van der Waals surface area contributed by atoms with Crippen molar-refractivity contribution in [1.82, 2.24) is 9.55 Å². The topological polar surface area (TPSA) is 78.0 Å². The Labute approximate surface area is 106 Å². The van der Waals surface area contributed by atoms with Gasteiger partial charge in [0.1, 0.15) is 0 Å². The lowest BCUT2D eigenvalue weighted by atomic mass is 10.0. The molecule has 1 atom stereocenters. The van der Waals surface area contributed by atoms with Crippen molar-refractivity contribution < 1.29 is 8.42 Å². The second-order valence-electron chi connectivity index (χ2n) is 5.13. The van der Waals surface area contributed by atoms with Gasteiger partial charge in [-0.3, -0.25) is 0 Å². The number of imidazole rings is 1. The lowest BCUT2D eigenvalue weighted by Gasteiger charge is -2.26. The molecule has 5 nitrogen and oxygen atoms in total. The van der Waals surface area contributed by atoms with Gasteiger partial charge < -0.3 is 10.3 Å². The number of nitrogen functional groups attached to an aromatic ring is 1. The van der Waals surface area contributed by atoms with Gasteiger partial charge >= 0.3 is 0 Å². The molecule has 1 fully saturated rings. The Hall–Kier alpha value is -1.56. The average molecular weight is 265 g/mol. The molecule has 0 saturated carbocycles. The summed E-state index contributed by atoms with van der Waals surface area (Å²) < 4.78 is 25.3. The summed E-state index contributed by atoms with van der Waals surface area (Å²) in [5.74, 6) is 0.732. The molecule has 1 aliphatic heterocycles. The highest BCUT2D eigenvalue weighted by molar-refractivity contribution is 7.91. The number of nitrogens with zero attached hydrogens (tertiary/aromatic N) is 2. The molecule has 1 unspecified atom stereocenters. The molecular weight excluding hydrogens is 250 g/mol. The van der Waals surface area contributed by atoms with E-state index in [4.69, 9.17) is 5.73 Å². The summed E-state index contributed by atoms with van der Waals surface area (Å²) in [4.78, 5) is 4.30. The fraction of sp³-hybridized carbons (Fsp3) is 0.417. The molecule has 1 saturated heterocycles. The largest absolute Gasteiger partial charge is 0.369 e. The van der Waals surface area contributed by atoms with Crippen molar-refractivity contribution in [3.63, 3.8) is 0 Å². The molecule has 0 radical (unpaired) electrons. The van der Waals surface area contributed by atoms with Gasteiger partial charge in [0.15, 0.2) is 9.84 Å². The predicted octanol–water partition coefficient (Wildman–Crippen LogP) is 1.15. The first-order chi connectivity index (χ1) is 8.41. The maximum Gasteiger partial charge on any atom is 0.201 e. The maximum atomic E-state index is 11.7. The zero-order chi connectivity index (χ0) is 13.0. The van der Waals surface area contributed by atoms with Crippen LogP contribution in [-0.4, -0.2) is 29.5 Å².